The first-order valence-electron chi connectivity index (χ1n) is 9.07. The number of aromatic nitrogens is 1. The van der Waals surface area contributed by atoms with Crippen LogP contribution in [0.2, 0.25) is 0 Å². The first-order chi connectivity index (χ1) is 13.2. The van der Waals surface area contributed by atoms with Gasteiger partial charge in [-0.25, -0.2) is 4.98 Å². The average Bonchev–Trinajstić information content (AvgIpc) is 3.25. The number of rotatable bonds is 7. The molecular weight excluding hydrogens is 342 g/mol. The molecule has 0 atom stereocenters. The molecule has 3 rings (SSSR count). The fourth-order valence-corrected chi connectivity index (χ4v) is 3.04. The van der Waals surface area contributed by atoms with E-state index in [2.05, 4.69) is 15.2 Å². The number of carbonyl (C=O) groups is 1. The number of anilines is 1. The van der Waals surface area contributed by atoms with Crippen molar-refractivity contribution >= 4 is 17.8 Å². The molecule has 142 valence electrons. The Labute approximate surface area is 159 Å². The number of nitrogens with zero attached hydrogens (tertiary/aromatic N) is 2. The number of methoxy groups -OCH3 is 2. The molecule has 0 saturated carbocycles. The van der Waals surface area contributed by atoms with Crippen LogP contribution < -0.4 is 19.7 Å². The van der Waals surface area contributed by atoms with Crippen LogP contribution in [-0.4, -0.2) is 38.2 Å². The Morgan fingerprint density at radius 2 is 1.85 bits per heavy atom. The Hall–Kier alpha value is -3.02. The summed E-state index contributed by atoms with van der Waals surface area (Å²) in [7, 11) is 3.19. The molecule has 0 aliphatic carbocycles. The highest BCUT2D eigenvalue weighted by atomic mass is 16.5. The van der Waals surface area contributed by atoms with Crippen LogP contribution in [0.25, 0.3) is 6.08 Å². The van der Waals surface area contributed by atoms with Crippen molar-refractivity contribution in [2.24, 2.45) is 0 Å². The SMILES string of the molecule is COc1cc(C=CC(=O)NCc2ccnc(N3CCCC3)c2)cc(OC)c1. The van der Waals surface area contributed by atoms with Gasteiger partial charge in [0.25, 0.3) is 0 Å². The number of amides is 1. The molecule has 1 amide bonds. The molecule has 1 aromatic heterocycles. The number of benzene rings is 1. The first-order valence-corrected chi connectivity index (χ1v) is 9.07. The van der Waals surface area contributed by atoms with E-state index in [0.717, 1.165) is 30.0 Å². The highest BCUT2D eigenvalue weighted by Crippen LogP contribution is 2.23. The Morgan fingerprint density at radius 1 is 1.15 bits per heavy atom. The van der Waals surface area contributed by atoms with Crippen LogP contribution in [0.5, 0.6) is 11.5 Å². The second kappa shape index (κ2) is 9.07. The highest BCUT2D eigenvalue weighted by Gasteiger charge is 2.13. The average molecular weight is 367 g/mol. The molecule has 0 unspecified atom stereocenters. The van der Waals surface area contributed by atoms with Crippen molar-refractivity contribution in [1.82, 2.24) is 10.3 Å². The maximum absolute atomic E-state index is 12.2. The molecule has 1 aliphatic rings. The lowest BCUT2D eigenvalue weighted by Crippen LogP contribution is -2.22. The van der Waals surface area contributed by atoms with Gasteiger partial charge in [0.15, 0.2) is 0 Å². The highest BCUT2D eigenvalue weighted by molar-refractivity contribution is 5.91. The molecular formula is C21H25N3O3. The van der Waals surface area contributed by atoms with Crippen molar-refractivity contribution in [3.8, 4) is 11.5 Å². The summed E-state index contributed by atoms with van der Waals surface area (Å²) in [5.74, 6) is 2.19. The van der Waals surface area contributed by atoms with E-state index < -0.39 is 0 Å². The van der Waals surface area contributed by atoms with Crippen LogP contribution in [0.1, 0.15) is 24.0 Å². The monoisotopic (exact) mass is 367 g/mol. The van der Waals surface area contributed by atoms with Gasteiger partial charge in [-0.1, -0.05) is 0 Å². The van der Waals surface area contributed by atoms with Crippen molar-refractivity contribution in [3.05, 3.63) is 53.7 Å². The molecule has 6 nitrogen and oxygen atoms in total. The molecule has 1 N–H and O–H groups in total. The van der Waals surface area contributed by atoms with Crippen molar-refractivity contribution in [2.75, 3.05) is 32.2 Å². The molecule has 6 heteroatoms. The van der Waals surface area contributed by atoms with Crippen LogP contribution in [0, 0.1) is 0 Å². The standard InChI is InChI=1S/C21H25N3O3/c1-26-18-11-16(12-19(14-18)27-2)5-6-21(25)23-15-17-7-8-22-20(13-17)24-9-3-4-10-24/h5-8,11-14H,3-4,9-10,15H2,1-2H3,(H,23,25). The van der Waals surface area contributed by atoms with Crippen LogP contribution in [-0.2, 0) is 11.3 Å². The lowest BCUT2D eigenvalue weighted by atomic mass is 10.2. The summed E-state index contributed by atoms with van der Waals surface area (Å²) in [4.78, 5) is 18.9. The summed E-state index contributed by atoms with van der Waals surface area (Å²) in [5, 5.41) is 2.91. The Balaban J connectivity index is 1.58. The van der Waals surface area contributed by atoms with Gasteiger partial charge in [0.1, 0.15) is 17.3 Å². The summed E-state index contributed by atoms with van der Waals surface area (Å²) in [6.07, 6.45) is 7.47. The summed E-state index contributed by atoms with van der Waals surface area (Å²) in [6.45, 7) is 2.57. The van der Waals surface area contributed by atoms with Crippen LogP contribution >= 0.6 is 0 Å². The quantitative estimate of drug-likeness (QED) is 0.762. The normalized spacial score (nSPS) is 13.8. The third-order valence-electron chi connectivity index (χ3n) is 4.51. The molecule has 1 aromatic carbocycles. The molecule has 0 spiro atoms. The number of hydrogen-bond donors (Lipinski definition) is 1. The number of carbonyl (C=O) groups excluding carboxylic acids is 1. The largest absolute Gasteiger partial charge is 0.497 e. The molecule has 27 heavy (non-hydrogen) atoms. The molecule has 1 saturated heterocycles. The zero-order valence-corrected chi connectivity index (χ0v) is 15.8. The van der Waals surface area contributed by atoms with Gasteiger partial charge in [0.2, 0.25) is 5.91 Å². The molecule has 0 radical (unpaired) electrons. The van der Waals surface area contributed by atoms with Gasteiger partial charge in [-0.3, -0.25) is 4.79 Å². The Bertz CT molecular complexity index is 792. The van der Waals surface area contributed by atoms with Crippen LogP contribution in [0.3, 0.4) is 0 Å². The van der Waals surface area contributed by atoms with Gasteiger partial charge >= 0.3 is 0 Å². The lowest BCUT2D eigenvalue weighted by molar-refractivity contribution is -0.116. The van der Waals surface area contributed by atoms with E-state index >= 15 is 0 Å². The third kappa shape index (κ3) is 5.23. The molecule has 1 fully saturated rings. The Kier molecular flexibility index (Phi) is 6.30. The van der Waals surface area contributed by atoms with Crippen molar-refractivity contribution in [3.63, 3.8) is 0 Å². The molecule has 2 aromatic rings. The van der Waals surface area contributed by atoms with Gasteiger partial charge in [-0.05, 0) is 54.3 Å². The van der Waals surface area contributed by atoms with Gasteiger partial charge < -0.3 is 19.7 Å². The zero-order valence-electron chi connectivity index (χ0n) is 15.8. The first kappa shape index (κ1) is 18.8. The van der Waals surface area contributed by atoms with Gasteiger partial charge in [-0.15, -0.1) is 0 Å². The van der Waals surface area contributed by atoms with Gasteiger partial charge in [-0.2, -0.15) is 0 Å². The van der Waals surface area contributed by atoms with Gasteiger partial charge in [0, 0.05) is 38.0 Å². The van der Waals surface area contributed by atoms with Crippen molar-refractivity contribution in [2.45, 2.75) is 19.4 Å². The minimum Gasteiger partial charge on any atom is -0.497 e. The second-order valence-electron chi connectivity index (χ2n) is 6.41. The smallest absolute Gasteiger partial charge is 0.244 e. The van der Waals surface area contributed by atoms with E-state index in [1.807, 2.05) is 24.3 Å². The molecule has 1 aliphatic heterocycles. The summed E-state index contributed by atoms with van der Waals surface area (Å²) < 4.78 is 10.5. The predicted octanol–water partition coefficient (Wildman–Crippen LogP) is 3.03. The van der Waals surface area contributed by atoms with E-state index in [0.29, 0.717) is 18.0 Å². The van der Waals surface area contributed by atoms with Crippen molar-refractivity contribution in [1.29, 1.82) is 0 Å². The van der Waals surface area contributed by atoms with E-state index in [-0.39, 0.29) is 5.91 Å². The maximum atomic E-state index is 12.2. The van der Waals surface area contributed by atoms with Crippen molar-refractivity contribution < 1.29 is 14.3 Å². The second-order valence-corrected chi connectivity index (χ2v) is 6.41. The zero-order chi connectivity index (χ0) is 19.1. The summed E-state index contributed by atoms with van der Waals surface area (Å²) in [6, 6.07) is 9.45. The fraction of sp³-hybridized carbons (Fsp3) is 0.333. The van der Waals surface area contributed by atoms with E-state index in [9.17, 15) is 4.79 Å². The predicted molar refractivity (Wildman–Crippen MR) is 106 cm³/mol. The topological polar surface area (TPSA) is 63.7 Å². The number of pyridine rings is 1. The third-order valence-corrected chi connectivity index (χ3v) is 4.51. The minimum atomic E-state index is -0.156. The molecule has 2 heterocycles. The van der Waals surface area contributed by atoms with Crippen LogP contribution in [0.4, 0.5) is 5.82 Å². The van der Waals surface area contributed by atoms with E-state index in [4.69, 9.17) is 9.47 Å². The molecule has 0 bridgehead atoms. The Morgan fingerprint density at radius 3 is 2.52 bits per heavy atom. The van der Waals surface area contributed by atoms with Crippen LogP contribution in [0.15, 0.2) is 42.6 Å². The maximum Gasteiger partial charge on any atom is 0.244 e. The van der Waals surface area contributed by atoms with E-state index in [1.54, 1.807) is 32.6 Å². The fourth-order valence-electron chi connectivity index (χ4n) is 3.04. The van der Waals surface area contributed by atoms with Gasteiger partial charge in [0.05, 0.1) is 14.2 Å². The summed E-state index contributed by atoms with van der Waals surface area (Å²) in [5.41, 5.74) is 1.87. The summed E-state index contributed by atoms with van der Waals surface area (Å²) >= 11 is 0. The number of ether oxygens (including phenoxy) is 2. The number of nitrogens with one attached hydrogen (secondary N) is 1. The number of hydrogen-bond acceptors (Lipinski definition) is 5. The minimum absolute atomic E-state index is 0.156. The lowest BCUT2D eigenvalue weighted by Gasteiger charge is -2.16. The van der Waals surface area contributed by atoms with E-state index in [1.165, 1.54) is 18.9 Å².